The largest absolute Gasteiger partial charge is 0.469 e. The average Bonchev–Trinajstić information content (AvgIpc) is 2.39. The number of ether oxygens (including phenoxy) is 1. The van der Waals surface area contributed by atoms with Crippen molar-refractivity contribution >= 4 is 22.7 Å². The minimum Gasteiger partial charge on any atom is -0.469 e. The van der Waals surface area contributed by atoms with E-state index in [-0.39, 0.29) is 29.4 Å². The summed E-state index contributed by atoms with van der Waals surface area (Å²) in [5.41, 5.74) is 0. The highest BCUT2D eigenvalue weighted by atomic mass is 32.2. The van der Waals surface area contributed by atoms with Gasteiger partial charge in [-0.25, -0.2) is 0 Å². The summed E-state index contributed by atoms with van der Waals surface area (Å²) in [5, 5.41) is 2.57. The van der Waals surface area contributed by atoms with Gasteiger partial charge >= 0.3 is 5.97 Å². The lowest BCUT2D eigenvalue weighted by atomic mass is 9.95. The molecule has 2 atom stereocenters. The molecule has 6 heteroatoms. The molecule has 2 unspecified atom stereocenters. The first-order valence-electron chi connectivity index (χ1n) is 6.76. The summed E-state index contributed by atoms with van der Waals surface area (Å²) in [7, 11) is -0.0349. The molecule has 0 spiro atoms. The quantitative estimate of drug-likeness (QED) is 0.744. The molecule has 0 bridgehead atoms. The minimum atomic E-state index is -1.33. The van der Waals surface area contributed by atoms with Crippen molar-refractivity contribution in [3.63, 3.8) is 0 Å². The zero-order valence-corrected chi connectivity index (χ0v) is 12.5. The van der Waals surface area contributed by atoms with Gasteiger partial charge in [-0.1, -0.05) is 26.2 Å². The number of carbonyl (C=O) groups excluding carboxylic acids is 2. The smallest absolute Gasteiger partial charge is 0.306 e. The van der Waals surface area contributed by atoms with Crippen LogP contribution in [0, 0.1) is 0 Å². The van der Waals surface area contributed by atoms with E-state index in [1.165, 1.54) is 13.5 Å². The van der Waals surface area contributed by atoms with Gasteiger partial charge in [0.2, 0.25) is 5.91 Å². The normalized spacial score (nSPS) is 19.5. The molecule has 1 rings (SSSR count). The van der Waals surface area contributed by atoms with Crippen LogP contribution in [0.15, 0.2) is 0 Å². The van der Waals surface area contributed by atoms with Crippen LogP contribution in [0.2, 0.25) is 0 Å². The van der Waals surface area contributed by atoms with Gasteiger partial charge in [0.15, 0.2) is 0 Å². The van der Waals surface area contributed by atoms with E-state index in [9.17, 15) is 13.8 Å². The Kier molecular flexibility index (Phi) is 7.05. The molecule has 1 amide bonds. The van der Waals surface area contributed by atoms with Gasteiger partial charge in [0, 0.05) is 22.1 Å². The molecule has 1 saturated carbocycles. The van der Waals surface area contributed by atoms with E-state index < -0.39 is 16.8 Å². The Bertz CT molecular complexity index is 340. The SMILES string of the molecule is COC(=O)CC(C)S(=O)CC(=O)NC1CCCCC1. The number of carbonyl (C=O) groups is 2. The van der Waals surface area contributed by atoms with Crippen LogP contribution in [0.3, 0.4) is 0 Å². The Hall–Kier alpha value is -0.910. The Labute approximate surface area is 116 Å². The molecule has 1 N–H and O–H groups in total. The average molecular weight is 289 g/mol. The summed E-state index contributed by atoms with van der Waals surface area (Å²) in [6.45, 7) is 1.70. The molecular formula is C13H23NO4S. The standard InChI is InChI=1S/C13H23NO4S/c1-10(8-13(16)18-2)19(17)9-12(15)14-11-6-4-3-5-7-11/h10-11H,3-9H2,1-2H3,(H,14,15). The Morgan fingerprint density at radius 3 is 2.53 bits per heavy atom. The van der Waals surface area contributed by atoms with Crippen molar-refractivity contribution in [3.05, 3.63) is 0 Å². The van der Waals surface area contributed by atoms with Crippen LogP contribution in [0.1, 0.15) is 45.4 Å². The first-order chi connectivity index (χ1) is 9.02. The highest BCUT2D eigenvalue weighted by Crippen LogP contribution is 2.17. The van der Waals surface area contributed by atoms with Crippen LogP contribution in [-0.4, -0.2) is 40.2 Å². The van der Waals surface area contributed by atoms with Gasteiger partial charge in [0.25, 0.3) is 0 Å². The maximum atomic E-state index is 11.9. The zero-order chi connectivity index (χ0) is 14.3. The molecule has 0 aromatic carbocycles. The Morgan fingerprint density at radius 2 is 1.95 bits per heavy atom. The van der Waals surface area contributed by atoms with Crippen LogP contribution >= 0.6 is 0 Å². The molecule has 110 valence electrons. The molecule has 1 fully saturated rings. The molecule has 0 aromatic rings. The third-order valence-corrected chi connectivity index (χ3v) is 4.99. The van der Waals surface area contributed by atoms with Crippen LogP contribution in [-0.2, 0) is 25.1 Å². The van der Waals surface area contributed by atoms with Crippen LogP contribution < -0.4 is 5.32 Å². The fourth-order valence-electron chi connectivity index (χ4n) is 2.20. The van der Waals surface area contributed by atoms with Gasteiger partial charge in [-0.15, -0.1) is 0 Å². The topological polar surface area (TPSA) is 72.5 Å². The molecule has 0 aliphatic heterocycles. The van der Waals surface area contributed by atoms with E-state index in [4.69, 9.17) is 0 Å². The molecule has 19 heavy (non-hydrogen) atoms. The van der Waals surface area contributed by atoms with Gasteiger partial charge in [-0.3, -0.25) is 13.8 Å². The van der Waals surface area contributed by atoms with Crippen molar-refractivity contribution in [2.24, 2.45) is 0 Å². The molecule has 0 heterocycles. The second kappa shape index (κ2) is 8.30. The van der Waals surface area contributed by atoms with Crippen LogP contribution in [0.5, 0.6) is 0 Å². The van der Waals surface area contributed by atoms with E-state index >= 15 is 0 Å². The van der Waals surface area contributed by atoms with Crippen molar-refractivity contribution in [1.29, 1.82) is 0 Å². The van der Waals surface area contributed by atoms with Crippen LogP contribution in [0.25, 0.3) is 0 Å². The first kappa shape index (κ1) is 16.1. The summed E-state index contributed by atoms with van der Waals surface area (Å²) in [4.78, 5) is 22.8. The number of hydrogen-bond donors (Lipinski definition) is 1. The summed E-state index contributed by atoms with van der Waals surface area (Å²) < 4.78 is 16.4. The molecule has 5 nitrogen and oxygen atoms in total. The summed E-state index contributed by atoms with van der Waals surface area (Å²) in [6, 6.07) is 0.231. The van der Waals surface area contributed by atoms with Gasteiger partial charge in [0.1, 0.15) is 5.75 Å². The van der Waals surface area contributed by atoms with Gasteiger partial charge < -0.3 is 10.1 Å². The highest BCUT2D eigenvalue weighted by molar-refractivity contribution is 7.86. The molecular weight excluding hydrogens is 266 g/mol. The van der Waals surface area contributed by atoms with E-state index in [2.05, 4.69) is 10.1 Å². The minimum absolute atomic E-state index is 0.0331. The van der Waals surface area contributed by atoms with E-state index in [0.717, 1.165) is 25.7 Å². The van der Waals surface area contributed by atoms with Crippen LogP contribution in [0.4, 0.5) is 0 Å². The first-order valence-corrected chi connectivity index (χ1v) is 8.14. The molecule has 1 aliphatic carbocycles. The number of esters is 1. The number of hydrogen-bond acceptors (Lipinski definition) is 4. The highest BCUT2D eigenvalue weighted by Gasteiger charge is 2.21. The summed E-state index contributed by atoms with van der Waals surface area (Å²) >= 11 is 0. The maximum absolute atomic E-state index is 11.9. The molecule has 0 aromatic heterocycles. The predicted octanol–water partition coefficient (Wildman–Crippen LogP) is 1.14. The Balaban J connectivity index is 2.30. The van der Waals surface area contributed by atoms with Crippen molar-refractivity contribution < 1.29 is 18.5 Å². The molecule has 1 aliphatic rings. The lowest BCUT2D eigenvalue weighted by Gasteiger charge is -2.22. The van der Waals surface area contributed by atoms with Gasteiger partial charge in [0.05, 0.1) is 13.5 Å². The fourth-order valence-corrected chi connectivity index (χ4v) is 3.15. The number of amides is 1. The third-order valence-electron chi connectivity index (χ3n) is 3.37. The number of methoxy groups -OCH3 is 1. The third kappa shape index (κ3) is 6.18. The van der Waals surface area contributed by atoms with E-state index in [0.29, 0.717) is 0 Å². The van der Waals surface area contributed by atoms with E-state index in [1.54, 1.807) is 6.92 Å². The lowest BCUT2D eigenvalue weighted by Crippen LogP contribution is -2.39. The van der Waals surface area contributed by atoms with Crippen molar-refractivity contribution in [3.8, 4) is 0 Å². The summed E-state index contributed by atoms with van der Waals surface area (Å²) in [6.07, 6.45) is 5.63. The molecule has 0 radical (unpaired) electrons. The Morgan fingerprint density at radius 1 is 1.32 bits per heavy atom. The monoisotopic (exact) mass is 289 g/mol. The predicted molar refractivity (Wildman–Crippen MR) is 74.1 cm³/mol. The number of nitrogens with one attached hydrogen (secondary N) is 1. The number of rotatable bonds is 6. The second-order valence-corrected chi connectivity index (χ2v) is 6.87. The van der Waals surface area contributed by atoms with Gasteiger partial charge in [-0.05, 0) is 12.8 Å². The van der Waals surface area contributed by atoms with Crippen molar-refractivity contribution in [2.75, 3.05) is 12.9 Å². The second-order valence-electron chi connectivity index (χ2n) is 5.02. The van der Waals surface area contributed by atoms with Crippen molar-refractivity contribution in [2.45, 2.75) is 56.7 Å². The van der Waals surface area contributed by atoms with E-state index in [1.807, 2.05) is 0 Å². The zero-order valence-electron chi connectivity index (χ0n) is 11.6. The lowest BCUT2D eigenvalue weighted by molar-refractivity contribution is -0.140. The van der Waals surface area contributed by atoms with Crippen molar-refractivity contribution in [1.82, 2.24) is 5.32 Å². The summed E-state index contributed by atoms with van der Waals surface area (Å²) in [5.74, 6) is -0.607. The molecule has 0 saturated heterocycles. The fraction of sp³-hybridized carbons (Fsp3) is 0.846. The van der Waals surface area contributed by atoms with Gasteiger partial charge in [-0.2, -0.15) is 0 Å². The maximum Gasteiger partial charge on any atom is 0.306 e.